The lowest BCUT2D eigenvalue weighted by atomic mass is 9.84. The first kappa shape index (κ1) is 24.7. The van der Waals surface area contributed by atoms with Gasteiger partial charge in [-0.3, -0.25) is 9.59 Å². The number of nitrogens with two attached hydrogens (primary N) is 1. The smallest absolute Gasteiger partial charge is 0.251 e. The minimum atomic E-state index is -1.18. The number of nitrogens with zero attached hydrogens (tertiary/aromatic N) is 1. The molecule has 0 heterocycles. The van der Waals surface area contributed by atoms with E-state index in [0.717, 1.165) is 29.4 Å². The quantitative estimate of drug-likeness (QED) is 0.177. The first-order chi connectivity index (χ1) is 16.6. The van der Waals surface area contributed by atoms with E-state index in [2.05, 4.69) is 15.6 Å². The summed E-state index contributed by atoms with van der Waals surface area (Å²) >= 11 is 0. The molecule has 3 aromatic rings. The summed E-state index contributed by atoms with van der Waals surface area (Å²) in [7, 11) is 1.63. The van der Waals surface area contributed by atoms with Gasteiger partial charge in [-0.25, -0.2) is 4.99 Å². The SMILES string of the molecule is COCCCNC(=O)c1cccc(CN=C(N)NC(C=O)(c2ccccc2)c2ccccc2)c1. The van der Waals surface area contributed by atoms with Crippen molar-refractivity contribution in [2.24, 2.45) is 10.7 Å². The molecule has 0 aliphatic rings. The highest BCUT2D eigenvalue weighted by Crippen LogP contribution is 2.27. The molecule has 0 saturated carbocycles. The van der Waals surface area contributed by atoms with Crippen molar-refractivity contribution in [3.05, 3.63) is 107 Å². The van der Waals surface area contributed by atoms with E-state index >= 15 is 0 Å². The monoisotopic (exact) mass is 458 g/mol. The van der Waals surface area contributed by atoms with E-state index in [1.807, 2.05) is 72.8 Å². The summed E-state index contributed by atoms with van der Waals surface area (Å²) in [5, 5.41) is 6.00. The lowest BCUT2D eigenvalue weighted by Gasteiger charge is -2.31. The molecule has 0 saturated heterocycles. The molecule has 0 atom stereocenters. The van der Waals surface area contributed by atoms with Gasteiger partial charge in [0.25, 0.3) is 5.91 Å². The summed E-state index contributed by atoms with van der Waals surface area (Å²) in [4.78, 5) is 29.3. The van der Waals surface area contributed by atoms with Gasteiger partial charge in [0, 0.05) is 25.8 Å². The van der Waals surface area contributed by atoms with Crippen molar-refractivity contribution >= 4 is 18.2 Å². The van der Waals surface area contributed by atoms with Crippen LogP contribution in [0.1, 0.15) is 33.5 Å². The summed E-state index contributed by atoms with van der Waals surface area (Å²) < 4.78 is 5.00. The zero-order valence-corrected chi connectivity index (χ0v) is 19.2. The van der Waals surface area contributed by atoms with Crippen LogP contribution in [-0.2, 0) is 21.6 Å². The fraction of sp³-hybridized carbons (Fsp3) is 0.222. The second kappa shape index (κ2) is 12.3. The van der Waals surface area contributed by atoms with Crippen LogP contribution in [0.2, 0.25) is 0 Å². The van der Waals surface area contributed by atoms with Gasteiger partial charge in [-0.2, -0.15) is 0 Å². The lowest BCUT2D eigenvalue weighted by molar-refractivity contribution is -0.111. The van der Waals surface area contributed by atoms with E-state index in [0.29, 0.717) is 18.7 Å². The zero-order valence-electron chi connectivity index (χ0n) is 19.2. The molecule has 0 radical (unpaired) electrons. The van der Waals surface area contributed by atoms with E-state index in [1.54, 1.807) is 19.2 Å². The van der Waals surface area contributed by atoms with Crippen LogP contribution in [0.15, 0.2) is 89.9 Å². The highest BCUT2D eigenvalue weighted by Gasteiger charge is 2.34. The van der Waals surface area contributed by atoms with Crippen molar-refractivity contribution in [3.8, 4) is 0 Å². The number of carbonyl (C=O) groups is 2. The number of ether oxygens (including phenoxy) is 1. The summed E-state index contributed by atoms with van der Waals surface area (Å²) in [5.41, 5.74) is 7.93. The molecule has 3 rings (SSSR count). The molecule has 0 aliphatic heterocycles. The van der Waals surface area contributed by atoms with Crippen LogP contribution in [-0.4, -0.2) is 38.4 Å². The molecular formula is C27H30N4O3. The van der Waals surface area contributed by atoms with Crippen LogP contribution in [0.5, 0.6) is 0 Å². The Morgan fingerprint density at radius 2 is 1.65 bits per heavy atom. The topological polar surface area (TPSA) is 106 Å². The minimum Gasteiger partial charge on any atom is -0.385 e. The van der Waals surface area contributed by atoms with Crippen LogP contribution in [0.4, 0.5) is 0 Å². The predicted octanol–water partition coefficient (Wildman–Crippen LogP) is 3.00. The molecule has 1 amide bonds. The maximum atomic E-state index is 12.5. The maximum absolute atomic E-state index is 12.5. The van der Waals surface area contributed by atoms with Gasteiger partial charge in [-0.1, -0.05) is 72.8 Å². The number of benzene rings is 3. The molecule has 34 heavy (non-hydrogen) atoms. The van der Waals surface area contributed by atoms with Crippen molar-refractivity contribution in [1.82, 2.24) is 10.6 Å². The number of rotatable bonds is 11. The van der Waals surface area contributed by atoms with Gasteiger partial charge in [0.1, 0.15) is 5.54 Å². The van der Waals surface area contributed by atoms with E-state index in [-0.39, 0.29) is 18.4 Å². The molecule has 0 bridgehead atoms. The van der Waals surface area contributed by atoms with Gasteiger partial charge >= 0.3 is 0 Å². The number of nitrogens with one attached hydrogen (secondary N) is 2. The summed E-state index contributed by atoms with van der Waals surface area (Å²) in [6.07, 6.45) is 1.59. The number of carbonyl (C=O) groups excluding carboxylic acids is 2. The van der Waals surface area contributed by atoms with E-state index in [1.165, 1.54) is 0 Å². The maximum Gasteiger partial charge on any atom is 0.251 e. The minimum absolute atomic E-state index is 0.120. The van der Waals surface area contributed by atoms with Crippen molar-refractivity contribution in [2.75, 3.05) is 20.3 Å². The largest absolute Gasteiger partial charge is 0.385 e. The second-order valence-electron chi connectivity index (χ2n) is 7.79. The Bertz CT molecular complexity index is 1060. The van der Waals surface area contributed by atoms with Gasteiger partial charge in [0.05, 0.1) is 6.54 Å². The third-order valence-electron chi connectivity index (χ3n) is 5.39. The molecule has 0 aliphatic carbocycles. The highest BCUT2D eigenvalue weighted by molar-refractivity contribution is 5.94. The Kier molecular flexibility index (Phi) is 8.94. The average Bonchev–Trinajstić information content (AvgIpc) is 2.89. The molecule has 4 N–H and O–H groups in total. The van der Waals surface area contributed by atoms with Crippen molar-refractivity contribution in [2.45, 2.75) is 18.5 Å². The molecule has 0 unspecified atom stereocenters. The molecule has 0 aromatic heterocycles. The molecule has 0 spiro atoms. The fourth-order valence-corrected chi connectivity index (χ4v) is 3.63. The van der Waals surface area contributed by atoms with Crippen LogP contribution >= 0.6 is 0 Å². The summed E-state index contributed by atoms with van der Waals surface area (Å²) in [6.45, 7) is 1.39. The van der Waals surface area contributed by atoms with E-state index in [4.69, 9.17) is 10.5 Å². The molecule has 176 valence electrons. The van der Waals surface area contributed by atoms with E-state index < -0.39 is 5.54 Å². The number of amides is 1. The molecule has 7 heteroatoms. The van der Waals surface area contributed by atoms with Gasteiger partial charge < -0.3 is 21.1 Å². The van der Waals surface area contributed by atoms with Gasteiger partial charge in [-0.15, -0.1) is 0 Å². The van der Waals surface area contributed by atoms with Crippen molar-refractivity contribution in [1.29, 1.82) is 0 Å². The van der Waals surface area contributed by atoms with Gasteiger partial charge in [-0.05, 0) is 35.2 Å². The second-order valence-corrected chi connectivity index (χ2v) is 7.79. The Morgan fingerprint density at radius 3 is 2.24 bits per heavy atom. The molecule has 3 aromatic carbocycles. The van der Waals surface area contributed by atoms with Crippen LogP contribution in [0, 0.1) is 0 Å². The van der Waals surface area contributed by atoms with Gasteiger partial charge in [0.2, 0.25) is 0 Å². The summed E-state index contributed by atoms with van der Waals surface area (Å²) in [5.74, 6) is -0.0321. The molecular weight excluding hydrogens is 428 g/mol. The molecule has 7 nitrogen and oxygen atoms in total. The first-order valence-electron chi connectivity index (χ1n) is 11.1. The Morgan fingerprint density at radius 1 is 1.00 bits per heavy atom. The van der Waals surface area contributed by atoms with Crippen LogP contribution in [0.25, 0.3) is 0 Å². The Balaban J connectivity index is 1.77. The van der Waals surface area contributed by atoms with Crippen LogP contribution < -0.4 is 16.4 Å². The number of guanidine groups is 1. The lowest BCUT2D eigenvalue weighted by Crippen LogP contribution is -2.51. The standard InChI is InChI=1S/C27H30N4O3/c1-34-17-9-16-29-25(33)22-11-8-10-21(18-22)19-30-26(28)31-27(20-32,23-12-4-2-5-13-23)24-14-6-3-7-15-24/h2-8,10-15,18,20H,9,16-17,19H2,1H3,(H,29,33)(H3,28,30,31). The fourth-order valence-electron chi connectivity index (χ4n) is 3.63. The number of aldehydes is 1. The Hall–Kier alpha value is -3.97. The van der Waals surface area contributed by atoms with Gasteiger partial charge in [0.15, 0.2) is 12.2 Å². The van der Waals surface area contributed by atoms with Crippen molar-refractivity contribution in [3.63, 3.8) is 0 Å². The number of hydrogen-bond donors (Lipinski definition) is 3. The number of methoxy groups -OCH3 is 1. The normalized spacial score (nSPS) is 11.6. The third kappa shape index (κ3) is 6.30. The molecule has 0 fully saturated rings. The van der Waals surface area contributed by atoms with Crippen LogP contribution in [0.3, 0.4) is 0 Å². The number of aliphatic imine (C=N–C) groups is 1. The number of hydrogen-bond acceptors (Lipinski definition) is 4. The Labute approximate surface area is 200 Å². The third-order valence-corrected chi connectivity index (χ3v) is 5.39. The zero-order chi connectivity index (χ0) is 24.2. The van der Waals surface area contributed by atoms with E-state index in [9.17, 15) is 9.59 Å². The highest BCUT2D eigenvalue weighted by atomic mass is 16.5. The predicted molar refractivity (Wildman–Crippen MR) is 133 cm³/mol. The average molecular weight is 459 g/mol. The summed E-state index contributed by atoms with van der Waals surface area (Å²) in [6, 6.07) is 26.0. The van der Waals surface area contributed by atoms with Crippen molar-refractivity contribution < 1.29 is 14.3 Å². The first-order valence-corrected chi connectivity index (χ1v) is 11.1.